The SMILES string of the molecule is N[C@@H](c1cc(Br)c(Br)s1)C(F)(F)C(F)(F)F. The molecule has 0 amide bonds. The van der Waals surface area contributed by atoms with E-state index in [0.29, 0.717) is 8.26 Å². The van der Waals surface area contributed by atoms with Crippen molar-refractivity contribution in [2.24, 2.45) is 5.73 Å². The molecule has 0 aliphatic carbocycles. The van der Waals surface area contributed by atoms with Gasteiger partial charge in [-0.25, -0.2) is 0 Å². The van der Waals surface area contributed by atoms with Gasteiger partial charge in [-0.2, -0.15) is 22.0 Å². The molecule has 0 aliphatic heterocycles. The lowest BCUT2D eigenvalue weighted by Crippen LogP contribution is -2.45. The van der Waals surface area contributed by atoms with E-state index in [4.69, 9.17) is 5.73 Å². The Morgan fingerprint density at radius 2 is 1.69 bits per heavy atom. The molecular weight excluding hydrogens is 385 g/mol. The Balaban J connectivity index is 3.07. The maximum Gasteiger partial charge on any atom is 0.455 e. The van der Waals surface area contributed by atoms with Crippen LogP contribution in [0.2, 0.25) is 0 Å². The Morgan fingerprint density at radius 1 is 1.19 bits per heavy atom. The van der Waals surface area contributed by atoms with E-state index in [0.717, 1.165) is 17.4 Å². The highest BCUT2D eigenvalue weighted by Crippen LogP contribution is 2.46. The zero-order valence-electron chi connectivity index (χ0n) is 7.29. The van der Waals surface area contributed by atoms with Gasteiger partial charge in [0.15, 0.2) is 0 Å². The summed E-state index contributed by atoms with van der Waals surface area (Å²) in [5.74, 6) is -4.95. The Kier molecular flexibility index (Phi) is 4.04. The molecule has 92 valence electrons. The smallest absolute Gasteiger partial charge is 0.318 e. The first kappa shape index (κ1) is 14.3. The van der Waals surface area contributed by atoms with Crippen LogP contribution in [-0.2, 0) is 0 Å². The molecule has 0 aromatic carbocycles. The summed E-state index contributed by atoms with van der Waals surface area (Å²) in [5.41, 5.74) is 4.94. The van der Waals surface area contributed by atoms with Gasteiger partial charge in [0.05, 0.1) is 3.79 Å². The number of rotatable bonds is 2. The maximum absolute atomic E-state index is 12.9. The van der Waals surface area contributed by atoms with Gasteiger partial charge in [-0.05, 0) is 37.9 Å². The minimum absolute atomic E-state index is 0.249. The Hall–Kier alpha value is 0.270. The molecule has 2 N–H and O–H groups in total. The van der Waals surface area contributed by atoms with Gasteiger partial charge in [0.25, 0.3) is 0 Å². The minimum Gasteiger partial charge on any atom is -0.318 e. The second kappa shape index (κ2) is 4.51. The van der Waals surface area contributed by atoms with Crippen molar-refractivity contribution in [2.45, 2.75) is 18.1 Å². The van der Waals surface area contributed by atoms with E-state index in [-0.39, 0.29) is 4.88 Å². The Labute approximate surface area is 108 Å². The van der Waals surface area contributed by atoms with Gasteiger partial charge >= 0.3 is 12.1 Å². The van der Waals surface area contributed by atoms with Crippen LogP contribution in [0.1, 0.15) is 10.9 Å². The average Bonchev–Trinajstić information content (AvgIpc) is 2.43. The molecule has 0 spiro atoms. The van der Waals surface area contributed by atoms with Crippen molar-refractivity contribution >= 4 is 43.2 Å². The van der Waals surface area contributed by atoms with Gasteiger partial charge in [0.2, 0.25) is 0 Å². The molecule has 9 heteroatoms. The lowest BCUT2D eigenvalue weighted by atomic mass is 10.1. The van der Waals surface area contributed by atoms with Crippen LogP contribution in [0.3, 0.4) is 0 Å². The number of hydrogen-bond acceptors (Lipinski definition) is 2. The molecule has 0 radical (unpaired) electrons. The van der Waals surface area contributed by atoms with Gasteiger partial charge in [-0.3, -0.25) is 0 Å². The van der Waals surface area contributed by atoms with Gasteiger partial charge in [0, 0.05) is 9.35 Å². The fraction of sp³-hybridized carbons (Fsp3) is 0.429. The van der Waals surface area contributed by atoms with Crippen molar-refractivity contribution in [3.8, 4) is 0 Å². The van der Waals surface area contributed by atoms with Gasteiger partial charge in [-0.1, -0.05) is 0 Å². The van der Waals surface area contributed by atoms with Crippen molar-refractivity contribution in [3.05, 3.63) is 19.2 Å². The maximum atomic E-state index is 12.9. The van der Waals surface area contributed by atoms with E-state index in [9.17, 15) is 22.0 Å². The Bertz CT molecular complexity index is 369. The van der Waals surface area contributed by atoms with Crippen molar-refractivity contribution in [1.29, 1.82) is 0 Å². The highest BCUT2D eigenvalue weighted by Gasteiger charge is 2.62. The first-order valence-corrected chi connectivity index (χ1v) is 6.12. The van der Waals surface area contributed by atoms with Crippen molar-refractivity contribution < 1.29 is 22.0 Å². The molecule has 0 unspecified atom stereocenters. The fourth-order valence-electron chi connectivity index (χ4n) is 0.872. The van der Waals surface area contributed by atoms with E-state index < -0.39 is 18.1 Å². The van der Waals surface area contributed by atoms with Crippen LogP contribution in [0.15, 0.2) is 14.3 Å². The summed E-state index contributed by atoms with van der Waals surface area (Å²) in [6.45, 7) is 0. The average molecular weight is 389 g/mol. The fourth-order valence-corrected chi connectivity index (χ4v) is 3.00. The summed E-state index contributed by atoms with van der Waals surface area (Å²) in [7, 11) is 0. The third-order valence-electron chi connectivity index (χ3n) is 1.74. The first-order chi connectivity index (χ1) is 7.07. The summed E-state index contributed by atoms with van der Waals surface area (Å²) < 4.78 is 62.6. The number of alkyl halides is 5. The number of thiophene rings is 1. The van der Waals surface area contributed by atoms with Crippen LogP contribution < -0.4 is 5.73 Å². The summed E-state index contributed by atoms with van der Waals surface area (Å²) in [6, 6.07) is -1.26. The predicted octanol–water partition coefficient (Wildman–Crippen LogP) is 4.47. The number of halogens is 7. The number of nitrogens with two attached hydrogens (primary N) is 1. The topological polar surface area (TPSA) is 26.0 Å². The summed E-state index contributed by atoms with van der Waals surface area (Å²) in [4.78, 5) is -0.249. The normalized spacial score (nSPS) is 15.2. The lowest BCUT2D eigenvalue weighted by Gasteiger charge is -2.24. The molecule has 1 atom stereocenters. The molecule has 1 nitrogen and oxygen atoms in total. The largest absolute Gasteiger partial charge is 0.455 e. The molecule has 0 saturated heterocycles. The lowest BCUT2D eigenvalue weighted by molar-refractivity contribution is -0.290. The van der Waals surface area contributed by atoms with Crippen LogP contribution in [0, 0.1) is 0 Å². The molecule has 0 aliphatic rings. The molecule has 1 aromatic heterocycles. The predicted molar refractivity (Wildman–Crippen MR) is 57.6 cm³/mol. The van der Waals surface area contributed by atoms with E-state index in [1.54, 1.807) is 0 Å². The van der Waals surface area contributed by atoms with Crippen LogP contribution in [-0.4, -0.2) is 12.1 Å². The first-order valence-electron chi connectivity index (χ1n) is 3.72. The quantitative estimate of drug-likeness (QED) is 0.743. The zero-order chi connectivity index (χ0) is 12.7. The molecule has 1 rings (SSSR count). The highest BCUT2D eigenvalue weighted by atomic mass is 79.9. The summed E-state index contributed by atoms with van der Waals surface area (Å²) >= 11 is 6.71. The van der Waals surface area contributed by atoms with Gasteiger partial charge < -0.3 is 5.73 Å². The van der Waals surface area contributed by atoms with Crippen LogP contribution in [0.4, 0.5) is 22.0 Å². The van der Waals surface area contributed by atoms with Gasteiger partial charge in [-0.15, -0.1) is 11.3 Å². The molecule has 0 saturated carbocycles. The van der Waals surface area contributed by atoms with Crippen LogP contribution >= 0.6 is 43.2 Å². The second-order valence-corrected chi connectivity index (χ2v) is 6.12. The Morgan fingerprint density at radius 3 is 2.00 bits per heavy atom. The van der Waals surface area contributed by atoms with Crippen molar-refractivity contribution in [3.63, 3.8) is 0 Å². The molecule has 1 heterocycles. The van der Waals surface area contributed by atoms with Crippen molar-refractivity contribution in [1.82, 2.24) is 0 Å². The summed E-state index contributed by atoms with van der Waals surface area (Å²) in [5, 5.41) is 0. The van der Waals surface area contributed by atoms with E-state index in [1.165, 1.54) is 0 Å². The van der Waals surface area contributed by atoms with Crippen LogP contribution in [0.25, 0.3) is 0 Å². The van der Waals surface area contributed by atoms with Gasteiger partial charge in [0.1, 0.15) is 6.04 Å². The minimum atomic E-state index is -5.66. The van der Waals surface area contributed by atoms with E-state index in [2.05, 4.69) is 31.9 Å². The highest BCUT2D eigenvalue weighted by molar-refractivity contribution is 9.13. The second-order valence-electron chi connectivity index (χ2n) is 2.87. The molecule has 0 fully saturated rings. The molecular formula is C7H4Br2F5NS. The molecule has 1 aromatic rings. The molecule has 0 bridgehead atoms. The summed E-state index contributed by atoms with van der Waals surface area (Å²) in [6.07, 6.45) is -5.66. The third-order valence-corrected chi connectivity index (χ3v) is 5.08. The number of hydrogen-bond donors (Lipinski definition) is 1. The third kappa shape index (κ3) is 2.57. The zero-order valence-corrected chi connectivity index (χ0v) is 11.3. The van der Waals surface area contributed by atoms with E-state index >= 15 is 0 Å². The molecule has 16 heavy (non-hydrogen) atoms. The van der Waals surface area contributed by atoms with E-state index in [1.807, 2.05) is 0 Å². The monoisotopic (exact) mass is 387 g/mol. The van der Waals surface area contributed by atoms with Crippen LogP contribution in [0.5, 0.6) is 0 Å². The van der Waals surface area contributed by atoms with Crippen molar-refractivity contribution in [2.75, 3.05) is 0 Å². The standard InChI is InChI=1S/C7H4Br2F5NS/c8-2-1-3(16-5(2)9)4(15)6(10,11)7(12,13)14/h1,4H,15H2/t4-/m0/s1.